The predicted octanol–water partition coefficient (Wildman–Crippen LogP) is 3.67. The van der Waals surface area contributed by atoms with E-state index in [2.05, 4.69) is 53.0 Å². The molecule has 3 rings (SSSR count). The highest BCUT2D eigenvalue weighted by molar-refractivity contribution is 7.28. The van der Waals surface area contributed by atoms with Crippen molar-refractivity contribution in [3.63, 3.8) is 0 Å². The quantitative estimate of drug-likeness (QED) is 0.795. The van der Waals surface area contributed by atoms with Gasteiger partial charge in [-0.1, -0.05) is 32.6 Å². The van der Waals surface area contributed by atoms with E-state index in [0.29, 0.717) is 18.0 Å². The average Bonchev–Trinajstić information content (AvgIpc) is 3.02. The van der Waals surface area contributed by atoms with Crippen LogP contribution in [0.25, 0.3) is 11.3 Å². The first-order valence-electron chi connectivity index (χ1n) is 9.43. The van der Waals surface area contributed by atoms with Gasteiger partial charge in [-0.2, -0.15) is 0 Å². The van der Waals surface area contributed by atoms with Crippen molar-refractivity contribution in [3.05, 3.63) is 47.6 Å². The standard InChI is InChI=1S/C21H30FN4P/c1-13(2)19-18(16-10-15(11-22)6-7-17(16)27)24-20-21(4,5)26(14(3)12-23)9-8-25(19)20/h6-7,10,13H,3,8-9,11-12,23,27H2,1-2,4-5H3. The van der Waals surface area contributed by atoms with Crippen molar-refractivity contribution in [2.75, 3.05) is 13.1 Å². The van der Waals surface area contributed by atoms with E-state index in [4.69, 9.17) is 10.7 Å². The molecule has 0 bridgehead atoms. The number of fused-ring (bicyclic) bond motifs is 1. The number of halogens is 1. The summed E-state index contributed by atoms with van der Waals surface area (Å²) >= 11 is 0. The fourth-order valence-corrected chi connectivity index (χ4v) is 4.41. The van der Waals surface area contributed by atoms with E-state index in [9.17, 15) is 4.39 Å². The summed E-state index contributed by atoms with van der Waals surface area (Å²) in [5, 5.41) is 1.03. The van der Waals surface area contributed by atoms with E-state index in [1.54, 1.807) is 0 Å². The molecule has 0 radical (unpaired) electrons. The van der Waals surface area contributed by atoms with Crippen LogP contribution in [-0.4, -0.2) is 27.5 Å². The number of hydrogen-bond donors (Lipinski definition) is 1. The molecule has 2 N–H and O–H groups in total. The van der Waals surface area contributed by atoms with Crippen LogP contribution in [0.2, 0.25) is 0 Å². The van der Waals surface area contributed by atoms with Crippen LogP contribution in [0.15, 0.2) is 30.5 Å². The number of nitrogens with two attached hydrogens (primary N) is 1. The molecule has 2 aromatic rings. The molecule has 6 heteroatoms. The van der Waals surface area contributed by atoms with Crippen LogP contribution in [0.4, 0.5) is 4.39 Å². The molecule has 0 fully saturated rings. The van der Waals surface area contributed by atoms with Gasteiger partial charge in [0, 0.05) is 36.6 Å². The molecule has 1 atom stereocenters. The minimum absolute atomic E-state index is 0.305. The normalized spacial score (nSPS) is 15.9. The van der Waals surface area contributed by atoms with Gasteiger partial charge in [0.15, 0.2) is 0 Å². The summed E-state index contributed by atoms with van der Waals surface area (Å²) in [6.45, 7) is 14.5. The van der Waals surface area contributed by atoms with Gasteiger partial charge in [-0.05, 0) is 36.7 Å². The van der Waals surface area contributed by atoms with E-state index >= 15 is 0 Å². The van der Waals surface area contributed by atoms with Crippen molar-refractivity contribution < 1.29 is 4.39 Å². The maximum absolute atomic E-state index is 13.3. The van der Waals surface area contributed by atoms with Crippen molar-refractivity contribution in [2.24, 2.45) is 5.73 Å². The fourth-order valence-electron chi connectivity index (χ4n) is 4.10. The number of rotatable bonds is 5. The van der Waals surface area contributed by atoms with Gasteiger partial charge in [0.25, 0.3) is 0 Å². The van der Waals surface area contributed by atoms with Crippen LogP contribution in [0, 0.1) is 0 Å². The molecule has 1 aliphatic rings. The Morgan fingerprint density at radius 2 is 2.07 bits per heavy atom. The smallest absolute Gasteiger partial charge is 0.135 e. The van der Waals surface area contributed by atoms with Gasteiger partial charge in [0.05, 0.1) is 11.2 Å². The van der Waals surface area contributed by atoms with Gasteiger partial charge >= 0.3 is 0 Å². The van der Waals surface area contributed by atoms with E-state index in [1.807, 2.05) is 18.2 Å². The lowest BCUT2D eigenvalue weighted by atomic mass is 9.97. The Labute approximate surface area is 163 Å². The Hall–Kier alpha value is -1.71. The minimum atomic E-state index is -0.474. The molecule has 1 aromatic heterocycles. The van der Waals surface area contributed by atoms with Gasteiger partial charge in [0.1, 0.15) is 12.5 Å². The topological polar surface area (TPSA) is 47.1 Å². The Kier molecular flexibility index (Phi) is 5.47. The van der Waals surface area contributed by atoms with Crippen molar-refractivity contribution in [1.82, 2.24) is 14.5 Å². The largest absolute Gasteiger partial charge is 0.360 e. The molecule has 0 saturated heterocycles. The van der Waals surface area contributed by atoms with Crippen LogP contribution in [0.3, 0.4) is 0 Å². The van der Waals surface area contributed by atoms with Crippen molar-refractivity contribution in [3.8, 4) is 11.3 Å². The van der Waals surface area contributed by atoms with Gasteiger partial charge in [-0.25, -0.2) is 9.37 Å². The molecule has 4 nitrogen and oxygen atoms in total. The third kappa shape index (κ3) is 3.32. The Bertz CT molecular complexity index is 869. The highest BCUT2D eigenvalue weighted by Gasteiger charge is 2.39. The first kappa shape index (κ1) is 20.0. The Morgan fingerprint density at radius 1 is 1.37 bits per heavy atom. The van der Waals surface area contributed by atoms with Crippen LogP contribution in [0.5, 0.6) is 0 Å². The van der Waals surface area contributed by atoms with Crippen molar-refractivity contribution >= 4 is 14.5 Å². The number of nitrogens with zero attached hydrogens (tertiary/aromatic N) is 3. The highest BCUT2D eigenvalue weighted by Crippen LogP contribution is 2.39. The van der Waals surface area contributed by atoms with Crippen LogP contribution >= 0.6 is 9.24 Å². The summed E-state index contributed by atoms with van der Waals surface area (Å²) < 4.78 is 15.6. The average molecular weight is 388 g/mol. The molecule has 2 heterocycles. The lowest BCUT2D eigenvalue weighted by Crippen LogP contribution is -2.49. The monoisotopic (exact) mass is 388 g/mol. The van der Waals surface area contributed by atoms with Gasteiger partial charge in [-0.3, -0.25) is 0 Å². The van der Waals surface area contributed by atoms with Gasteiger partial charge in [-0.15, -0.1) is 9.24 Å². The first-order chi connectivity index (χ1) is 12.7. The lowest BCUT2D eigenvalue weighted by Gasteiger charge is -2.45. The van der Waals surface area contributed by atoms with Crippen LogP contribution in [0.1, 0.15) is 50.7 Å². The first-order valence-corrected chi connectivity index (χ1v) is 10.0. The molecule has 0 aliphatic carbocycles. The fraction of sp³-hybridized carbons (Fsp3) is 0.476. The van der Waals surface area contributed by atoms with E-state index in [0.717, 1.165) is 41.2 Å². The number of hydrogen-bond acceptors (Lipinski definition) is 3. The molecule has 1 unspecified atom stereocenters. The number of alkyl halides is 1. The molecule has 1 aliphatic heterocycles. The number of benzene rings is 1. The summed E-state index contributed by atoms with van der Waals surface area (Å²) in [6.07, 6.45) is 0. The molecule has 1 aromatic carbocycles. The summed E-state index contributed by atoms with van der Waals surface area (Å²) in [5.41, 5.74) is 10.3. The van der Waals surface area contributed by atoms with Gasteiger partial charge in [0.2, 0.25) is 0 Å². The highest BCUT2D eigenvalue weighted by atomic mass is 31.0. The summed E-state index contributed by atoms with van der Waals surface area (Å²) in [6, 6.07) is 5.70. The second-order valence-electron chi connectivity index (χ2n) is 8.01. The second kappa shape index (κ2) is 7.37. The van der Waals surface area contributed by atoms with Crippen molar-refractivity contribution in [1.29, 1.82) is 0 Å². The Balaban J connectivity index is 2.23. The maximum Gasteiger partial charge on any atom is 0.135 e. The Morgan fingerprint density at radius 3 is 2.67 bits per heavy atom. The third-order valence-corrected chi connectivity index (χ3v) is 5.97. The molecular weight excluding hydrogens is 358 g/mol. The molecule has 27 heavy (non-hydrogen) atoms. The second-order valence-corrected chi connectivity index (χ2v) is 8.63. The van der Waals surface area contributed by atoms with Crippen LogP contribution < -0.4 is 11.0 Å². The SMILES string of the molecule is C=C(CN)N1CCn2c(nc(-c3cc(CF)ccc3P)c2C(C)C)C1(C)C. The zero-order valence-electron chi connectivity index (χ0n) is 16.7. The summed E-state index contributed by atoms with van der Waals surface area (Å²) in [7, 11) is 2.76. The van der Waals surface area contributed by atoms with E-state index < -0.39 is 6.67 Å². The maximum atomic E-state index is 13.3. The number of imidazole rings is 1. The zero-order chi connectivity index (χ0) is 19.9. The number of aromatic nitrogens is 2. The predicted molar refractivity (Wildman–Crippen MR) is 114 cm³/mol. The summed E-state index contributed by atoms with van der Waals surface area (Å²) in [5.74, 6) is 1.32. The third-order valence-electron chi connectivity index (χ3n) is 5.47. The minimum Gasteiger partial charge on any atom is -0.360 e. The van der Waals surface area contributed by atoms with Gasteiger partial charge < -0.3 is 15.2 Å². The van der Waals surface area contributed by atoms with E-state index in [-0.39, 0.29) is 5.54 Å². The molecule has 0 saturated carbocycles. The molecule has 146 valence electrons. The van der Waals surface area contributed by atoms with Crippen molar-refractivity contribution in [2.45, 2.75) is 52.4 Å². The van der Waals surface area contributed by atoms with Crippen LogP contribution in [-0.2, 0) is 18.8 Å². The zero-order valence-corrected chi connectivity index (χ0v) is 17.9. The summed E-state index contributed by atoms with van der Waals surface area (Å²) in [4.78, 5) is 7.35. The molecule has 0 amide bonds. The van der Waals surface area contributed by atoms with E-state index in [1.165, 1.54) is 5.69 Å². The molecule has 0 spiro atoms. The molecular formula is C21H30FN4P. The lowest BCUT2D eigenvalue weighted by molar-refractivity contribution is 0.116.